The van der Waals surface area contributed by atoms with E-state index in [0.29, 0.717) is 5.69 Å². The Hall–Kier alpha value is -2.96. The smallest absolute Gasteiger partial charge is 0.341 e. The lowest BCUT2D eigenvalue weighted by molar-refractivity contribution is -0.119. The first-order valence-electron chi connectivity index (χ1n) is 7.06. The van der Waals surface area contributed by atoms with Crippen molar-refractivity contribution >= 4 is 23.3 Å². The summed E-state index contributed by atoms with van der Waals surface area (Å²) in [7, 11) is 3.77. The maximum absolute atomic E-state index is 13.4. The lowest BCUT2D eigenvalue weighted by atomic mass is 10.2. The second kappa shape index (κ2) is 7.54. The fourth-order valence-electron chi connectivity index (χ4n) is 1.90. The molecule has 126 valence electrons. The van der Waals surface area contributed by atoms with Crippen molar-refractivity contribution in [2.75, 3.05) is 30.9 Å². The van der Waals surface area contributed by atoms with E-state index < -0.39 is 35.7 Å². The van der Waals surface area contributed by atoms with Crippen LogP contribution in [0.2, 0.25) is 0 Å². The van der Waals surface area contributed by atoms with Crippen molar-refractivity contribution < 1.29 is 23.1 Å². The summed E-state index contributed by atoms with van der Waals surface area (Å²) in [5, 5.41) is 2.54. The Labute approximate surface area is 137 Å². The minimum Gasteiger partial charge on any atom is -0.452 e. The number of carbonyl (C=O) groups is 2. The number of rotatable bonds is 5. The second-order valence-electron chi connectivity index (χ2n) is 5.19. The molecule has 2 aromatic carbocycles. The molecule has 7 heteroatoms. The molecule has 0 aliphatic heterocycles. The molecule has 0 unspecified atom stereocenters. The number of ether oxygens (including phenoxy) is 1. The van der Waals surface area contributed by atoms with Gasteiger partial charge in [0.2, 0.25) is 0 Å². The molecule has 0 aromatic heterocycles. The third-order valence-corrected chi connectivity index (χ3v) is 3.15. The molecule has 2 aromatic rings. The summed E-state index contributed by atoms with van der Waals surface area (Å²) < 4.78 is 31.1. The van der Waals surface area contributed by atoms with Crippen molar-refractivity contribution in [1.29, 1.82) is 0 Å². The normalized spacial score (nSPS) is 10.2. The van der Waals surface area contributed by atoms with E-state index in [-0.39, 0.29) is 0 Å². The molecule has 1 amide bonds. The Bertz CT molecular complexity index is 746. The Morgan fingerprint density at radius 3 is 2.38 bits per heavy atom. The molecule has 0 saturated carbocycles. The number of esters is 1. The molecule has 0 aliphatic carbocycles. The molecular formula is C17H16F2N2O3. The second-order valence-corrected chi connectivity index (χ2v) is 5.19. The first-order chi connectivity index (χ1) is 11.4. The van der Waals surface area contributed by atoms with E-state index >= 15 is 0 Å². The quantitative estimate of drug-likeness (QED) is 0.854. The number of hydrogen-bond donors (Lipinski definition) is 1. The van der Waals surface area contributed by atoms with E-state index in [1.807, 2.05) is 31.1 Å². The van der Waals surface area contributed by atoms with E-state index in [2.05, 4.69) is 5.32 Å². The predicted molar refractivity (Wildman–Crippen MR) is 86.0 cm³/mol. The molecule has 24 heavy (non-hydrogen) atoms. The van der Waals surface area contributed by atoms with Crippen LogP contribution in [-0.2, 0) is 9.53 Å². The first kappa shape index (κ1) is 17.4. The number of benzene rings is 2. The van der Waals surface area contributed by atoms with Crippen LogP contribution in [0.5, 0.6) is 0 Å². The molecular weight excluding hydrogens is 318 g/mol. The van der Waals surface area contributed by atoms with E-state index in [1.54, 1.807) is 12.1 Å². The lowest BCUT2D eigenvalue weighted by Gasteiger charge is -2.13. The maximum Gasteiger partial charge on any atom is 0.341 e. The highest BCUT2D eigenvalue weighted by Gasteiger charge is 2.16. The third kappa shape index (κ3) is 4.52. The zero-order valence-electron chi connectivity index (χ0n) is 13.2. The predicted octanol–water partition coefficient (Wildman–Crippen LogP) is 2.83. The summed E-state index contributed by atoms with van der Waals surface area (Å²) in [5.41, 5.74) is 0.928. The van der Waals surface area contributed by atoms with E-state index in [9.17, 15) is 18.4 Å². The molecule has 0 saturated heterocycles. The molecule has 0 radical (unpaired) electrons. The van der Waals surface area contributed by atoms with Crippen molar-refractivity contribution in [3.63, 3.8) is 0 Å². The van der Waals surface area contributed by atoms with Gasteiger partial charge in [-0.25, -0.2) is 13.6 Å². The van der Waals surface area contributed by atoms with Gasteiger partial charge in [0.25, 0.3) is 5.91 Å². The van der Waals surface area contributed by atoms with E-state index in [0.717, 1.165) is 23.9 Å². The van der Waals surface area contributed by atoms with Gasteiger partial charge in [0.05, 0.1) is 5.56 Å². The average molecular weight is 334 g/mol. The minimum absolute atomic E-state index is 0.526. The number of hydrogen-bond acceptors (Lipinski definition) is 4. The average Bonchev–Trinajstić information content (AvgIpc) is 2.55. The van der Waals surface area contributed by atoms with Crippen LogP contribution in [0.4, 0.5) is 20.2 Å². The molecule has 1 N–H and O–H groups in total. The van der Waals surface area contributed by atoms with Gasteiger partial charge in [-0.3, -0.25) is 4.79 Å². The van der Waals surface area contributed by atoms with Gasteiger partial charge in [-0.15, -0.1) is 0 Å². The van der Waals surface area contributed by atoms with Gasteiger partial charge in [0.1, 0.15) is 11.6 Å². The molecule has 0 fully saturated rings. The van der Waals surface area contributed by atoms with Crippen molar-refractivity contribution in [2.24, 2.45) is 0 Å². The molecule has 0 atom stereocenters. The summed E-state index contributed by atoms with van der Waals surface area (Å²) in [6, 6.07) is 9.43. The molecule has 0 heterocycles. The Morgan fingerprint density at radius 2 is 1.75 bits per heavy atom. The van der Waals surface area contributed by atoms with Crippen molar-refractivity contribution in [3.05, 3.63) is 59.7 Å². The molecule has 0 bridgehead atoms. The van der Waals surface area contributed by atoms with E-state index in [4.69, 9.17) is 4.74 Å². The Morgan fingerprint density at radius 1 is 1.08 bits per heavy atom. The molecule has 2 rings (SSSR count). The van der Waals surface area contributed by atoms with Gasteiger partial charge < -0.3 is 15.0 Å². The number of carbonyl (C=O) groups excluding carboxylic acids is 2. The van der Waals surface area contributed by atoms with Crippen LogP contribution in [0.15, 0.2) is 42.5 Å². The standard InChI is InChI=1S/C17H16F2N2O3/c1-21(2)13-6-4-12(5-7-13)20-16(22)10-24-17(23)14-9-11(18)3-8-15(14)19/h3-9H,10H2,1-2H3,(H,20,22). The maximum atomic E-state index is 13.4. The highest BCUT2D eigenvalue weighted by atomic mass is 19.1. The lowest BCUT2D eigenvalue weighted by Crippen LogP contribution is -2.21. The van der Waals surface area contributed by atoms with Gasteiger partial charge in [-0.05, 0) is 42.5 Å². The number of nitrogens with one attached hydrogen (secondary N) is 1. The third-order valence-electron chi connectivity index (χ3n) is 3.15. The van der Waals surface area contributed by atoms with Gasteiger partial charge in [0, 0.05) is 25.5 Å². The van der Waals surface area contributed by atoms with Crippen molar-refractivity contribution in [2.45, 2.75) is 0 Å². The number of amides is 1. The largest absolute Gasteiger partial charge is 0.452 e. The number of halogens is 2. The van der Waals surface area contributed by atoms with Crippen LogP contribution < -0.4 is 10.2 Å². The monoisotopic (exact) mass is 334 g/mol. The van der Waals surface area contributed by atoms with Crippen molar-refractivity contribution in [1.82, 2.24) is 0 Å². The molecule has 0 aliphatic rings. The van der Waals surface area contributed by atoms with Gasteiger partial charge in [0.15, 0.2) is 6.61 Å². The van der Waals surface area contributed by atoms with Gasteiger partial charge in [-0.1, -0.05) is 0 Å². The summed E-state index contributed by atoms with van der Waals surface area (Å²) in [4.78, 5) is 25.3. The Kier molecular flexibility index (Phi) is 5.47. The van der Waals surface area contributed by atoms with Gasteiger partial charge >= 0.3 is 5.97 Å². The SMILES string of the molecule is CN(C)c1ccc(NC(=O)COC(=O)c2cc(F)ccc2F)cc1. The van der Waals surface area contributed by atoms with Crippen LogP contribution in [0.1, 0.15) is 10.4 Å². The van der Waals surface area contributed by atoms with Crippen LogP contribution in [0.3, 0.4) is 0 Å². The minimum atomic E-state index is -1.11. The topological polar surface area (TPSA) is 58.6 Å². The molecule has 5 nitrogen and oxygen atoms in total. The van der Waals surface area contributed by atoms with Crippen LogP contribution >= 0.6 is 0 Å². The van der Waals surface area contributed by atoms with Crippen LogP contribution in [-0.4, -0.2) is 32.6 Å². The Balaban J connectivity index is 1.90. The van der Waals surface area contributed by atoms with E-state index in [1.165, 1.54) is 0 Å². The molecule has 0 spiro atoms. The number of nitrogens with zero attached hydrogens (tertiary/aromatic N) is 1. The highest BCUT2D eigenvalue weighted by Crippen LogP contribution is 2.15. The highest BCUT2D eigenvalue weighted by molar-refractivity contribution is 5.95. The summed E-state index contributed by atoms with van der Waals surface area (Å²) >= 11 is 0. The van der Waals surface area contributed by atoms with Crippen molar-refractivity contribution in [3.8, 4) is 0 Å². The zero-order valence-corrected chi connectivity index (χ0v) is 13.2. The summed E-state index contributed by atoms with van der Waals surface area (Å²) in [6.07, 6.45) is 0. The zero-order chi connectivity index (χ0) is 17.7. The first-order valence-corrected chi connectivity index (χ1v) is 7.06. The van der Waals surface area contributed by atoms with Gasteiger partial charge in [-0.2, -0.15) is 0 Å². The summed E-state index contributed by atoms with van der Waals surface area (Å²) in [5.74, 6) is -3.38. The van der Waals surface area contributed by atoms with Crippen LogP contribution in [0.25, 0.3) is 0 Å². The fraction of sp³-hybridized carbons (Fsp3) is 0.176. The fourth-order valence-corrected chi connectivity index (χ4v) is 1.90. The summed E-state index contributed by atoms with van der Waals surface area (Å²) in [6.45, 7) is -0.607. The van der Waals surface area contributed by atoms with Crippen LogP contribution in [0, 0.1) is 11.6 Å². The number of anilines is 2.